The number of rotatable bonds is 2. The van der Waals surface area contributed by atoms with Crippen molar-refractivity contribution in [1.82, 2.24) is 15.5 Å². The molecule has 1 fully saturated rings. The van der Waals surface area contributed by atoms with Gasteiger partial charge in [0.2, 0.25) is 5.92 Å². The Kier molecular flexibility index (Phi) is 3.13. The number of halogens is 2. The molecule has 3 aliphatic rings. The Balaban J connectivity index is 1.52. The van der Waals surface area contributed by atoms with Crippen LogP contribution in [0.2, 0.25) is 0 Å². The molecule has 132 valence electrons. The Morgan fingerprint density at radius 2 is 2.20 bits per heavy atom. The smallest absolute Gasteiger partial charge is 0.263 e. The van der Waals surface area contributed by atoms with Crippen LogP contribution in [-0.2, 0) is 0 Å². The number of thiophene rings is 1. The third-order valence-corrected chi connectivity index (χ3v) is 6.36. The molecule has 4 heterocycles. The highest BCUT2D eigenvalue weighted by Gasteiger charge is 2.50. The van der Waals surface area contributed by atoms with Gasteiger partial charge in [0.15, 0.2) is 5.75 Å². The fraction of sp³-hybridized carbons (Fsp3) is 0.500. The Morgan fingerprint density at radius 3 is 2.92 bits per heavy atom. The van der Waals surface area contributed by atoms with Crippen LogP contribution in [0, 0.1) is 5.92 Å². The minimum atomic E-state index is -2.59. The highest BCUT2D eigenvalue weighted by atomic mass is 32.1. The van der Waals surface area contributed by atoms with Crippen molar-refractivity contribution in [3.63, 3.8) is 0 Å². The second kappa shape index (κ2) is 5.17. The van der Waals surface area contributed by atoms with Crippen LogP contribution < -0.4 is 15.0 Å². The van der Waals surface area contributed by atoms with Gasteiger partial charge in [0, 0.05) is 37.2 Å². The van der Waals surface area contributed by atoms with Crippen molar-refractivity contribution in [2.75, 3.05) is 24.6 Å². The molecule has 5 rings (SSSR count). The van der Waals surface area contributed by atoms with Gasteiger partial charge in [-0.05, 0) is 5.92 Å². The number of anilines is 1. The van der Waals surface area contributed by atoms with Crippen LogP contribution in [0.4, 0.5) is 14.5 Å². The molecule has 2 aromatic rings. The summed E-state index contributed by atoms with van der Waals surface area (Å²) in [5, 5.41) is 9.71. The van der Waals surface area contributed by atoms with Crippen LogP contribution in [0.5, 0.6) is 5.75 Å². The number of aromatic nitrogens is 2. The average Bonchev–Trinajstić information content (AvgIpc) is 3.16. The van der Waals surface area contributed by atoms with E-state index in [1.54, 1.807) is 12.4 Å². The third kappa shape index (κ3) is 2.32. The molecule has 2 aliphatic heterocycles. The SMILES string of the molecule is O=C1N[C@H](C2CC(F)(F)C2)CN2CCOc3c(-c4cn[nH]c4)sc1c32. The van der Waals surface area contributed by atoms with E-state index >= 15 is 0 Å². The maximum atomic E-state index is 13.3. The van der Waals surface area contributed by atoms with Crippen molar-refractivity contribution < 1.29 is 18.3 Å². The number of carbonyl (C=O) groups excluding carboxylic acids is 1. The highest BCUT2D eigenvalue weighted by molar-refractivity contribution is 7.18. The van der Waals surface area contributed by atoms with Crippen molar-refractivity contribution in [1.29, 1.82) is 0 Å². The predicted molar refractivity (Wildman–Crippen MR) is 88.5 cm³/mol. The number of alkyl halides is 2. The summed E-state index contributed by atoms with van der Waals surface area (Å²) in [6.07, 6.45) is 3.16. The van der Waals surface area contributed by atoms with Crippen LogP contribution in [-0.4, -0.2) is 47.8 Å². The molecule has 1 saturated carbocycles. The summed E-state index contributed by atoms with van der Waals surface area (Å²) in [6.45, 7) is 1.70. The summed E-state index contributed by atoms with van der Waals surface area (Å²) in [5.41, 5.74) is 1.66. The zero-order valence-corrected chi connectivity index (χ0v) is 14.0. The molecule has 0 bridgehead atoms. The molecule has 0 unspecified atom stereocenters. The number of amides is 1. The summed E-state index contributed by atoms with van der Waals surface area (Å²) in [6, 6.07) is -0.255. The second-order valence-electron chi connectivity index (χ2n) is 6.82. The number of H-pyrrole nitrogens is 1. The van der Waals surface area contributed by atoms with Gasteiger partial charge in [-0.2, -0.15) is 5.10 Å². The lowest BCUT2D eigenvalue weighted by molar-refractivity contribution is -0.117. The summed E-state index contributed by atoms with van der Waals surface area (Å²) < 4.78 is 32.4. The number of nitrogens with one attached hydrogen (secondary N) is 2. The Morgan fingerprint density at radius 1 is 1.36 bits per heavy atom. The second-order valence-corrected chi connectivity index (χ2v) is 7.84. The molecule has 9 heteroatoms. The first-order valence-corrected chi connectivity index (χ1v) is 9.06. The number of nitrogens with zero attached hydrogens (tertiary/aromatic N) is 2. The van der Waals surface area contributed by atoms with E-state index in [2.05, 4.69) is 20.4 Å². The van der Waals surface area contributed by atoms with E-state index in [1.165, 1.54) is 11.3 Å². The number of hydrogen-bond acceptors (Lipinski definition) is 5. The number of ether oxygens (including phenoxy) is 1. The monoisotopic (exact) mass is 366 g/mol. The van der Waals surface area contributed by atoms with E-state index in [4.69, 9.17) is 4.74 Å². The fourth-order valence-corrected chi connectivity index (χ4v) is 5.03. The van der Waals surface area contributed by atoms with Crippen molar-refractivity contribution >= 4 is 22.9 Å². The summed E-state index contributed by atoms with van der Waals surface area (Å²) in [5.74, 6) is -2.27. The maximum absolute atomic E-state index is 13.3. The van der Waals surface area contributed by atoms with Gasteiger partial charge in [-0.3, -0.25) is 9.89 Å². The van der Waals surface area contributed by atoms with E-state index in [-0.39, 0.29) is 30.7 Å². The lowest BCUT2D eigenvalue weighted by atomic mass is 9.76. The van der Waals surface area contributed by atoms with Crippen LogP contribution in [0.1, 0.15) is 22.5 Å². The standard InChI is InChI=1S/C16H16F2N4O2S/c17-16(18)3-8(4-16)10-7-22-1-2-24-12-11(22)14(15(23)21-10)25-13(12)9-5-19-20-6-9/h5-6,8,10H,1-4,7H2,(H,19,20)(H,21,23)/t10-/m0/s1. The molecular formula is C16H16F2N4O2S. The fourth-order valence-electron chi connectivity index (χ4n) is 3.88. The van der Waals surface area contributed by atoms with E-state index in [0.29, 0.717) is 30.3 Å². The molecular weight excluding hydrogens is 350 g/mol. The molecule has 1 aliphatic carbocycles. The topological polar surface area (TPSA) is 70.2 Å². The largest absolute Gasteiger partial charge is 0.488 e. The van der Waals surface area contributed by atoms with Crippen LogP contribution in [0.25, 0.3) is 10.4 Å². The van der Waals surface area contributed by atoms with Crippen LogP contribution in [0.15, 0.2) is 12.4 Å². The quantitative estimate of drug-likeness (QED) is 0.857. The van der Waals surface area contributed by atoms with Gasteiger partial charge in [-0.15, -0.1) is 11.3 Å². The minimum absolute atomic E-state index is 0.150. The van der Waals surface area contributed by atoms with Gasteiger partial charge < -0.3 is 15.0 Å². The molecule has 1 atom stereocenters. The first-order valence-electron chi connectivity index (χ1n) is 8.24. The van der Waals surface area contributed by atoms with Gasteiger partial charge in [-0.25, -0.2) is 8.78 Å². The van der Waals surface area contributed by atoms with Crippen LogP contribution in [0.3, 0.4) is 0 Å². The Bertz CT molecular complexity index is 828. The molecule has 0 aromatic carbocycles. The van der Waals surface area contributed by atoms with E-state index in [0.717, 1.165) is 16.1 Å². The zero-order chi connectivity index (χ0) is 17.2. The van der Waals surface area contributed by atoms with E-state index < -0.39 is 5.92 Å². The Hall–Kier alpha value is -2.16. The van der Waals surface area contributed by atoms with Gasteiger partial charge in [-0.1, -0.05) is 0 Å². The maximum Gasteiger partial charge on any atom is 0.263 e. The zero-order valence-electron chi connectivity index (χ0n) is 13.2. The van der Waals surface area contributed by atoms with Crippen LogP contribution >= 0.6 is 11.3 Å². The van der Waals surface area contributed by atoms with Crippen molar-refractivity contribution in [2.45, 2.75) is 24.8 Å². The lowest BCUT2D eigenvalue weighted by Crippen LogP contribution is -2.53. The molecule has 1 amide bonds. The minimum Gasteiger partial charge on any atom is -0.488 e. The first kappa shape index (κ1) is 15.1. The van der Waals surface area contributed by atoms with Gasteiger partial charge in [0.1, 0.15) is 17.2 Å². The molecule has 6 nitrogen and oxygen atoms in total. The third-order valence-electron chi connectivity index (χ3n) is 5.16. The van der Waals surface area contributed by atoms with Gasteiger partial charge in [0.25, 0.3) is 5.91 Å². The first-order chi connectivity index (χ1) is 12.0. The molecule has 0 saturated heterocycles. The van der Waals surface area contributed by atoms with E-state index in [9.17, 15) is 13.6 Å². The van der Waals surface area contributed by atoms with Crippen molar-refractivity contribution in [2.24, 2.45) is 5.92 Å². The van der Waals surface area contributed by atoms with Gasteiger partial charge in [0.05, 0.1) is 17.6 Å². The molecule has 25 heavy (non-hydrogen) atoms. The average molecular weight is 366 g/mol. The van der Waals surface area contributed by atoms with Crippen molar-refractivity contribution in [3.05, 3.63) is 17.3 Å². The summed E-state index contributed by atoms with van der Waals surface area (Å²) in [7, 11) is 0. The molecule has 0 spiro atoms. The summed E-state index contributed by atoms with van der Waals surface area (Å²) in [4.78, 5) is 16.3. The number of aromatic amines is 1. The molecule has 2 N–H and O–H groups in total. The molecule has 2 aromatic heterocycles. The predicted octanol–water partition coefficient (Wildman–Crippen LogP) is 2.49. The normalized spacial score (nSPS) is 24.8. The number of carbonyl (C=O) groups is 1. The van der Waals surface area contributed by atoms with E-state index in [1.807, 2.05) is 0 Å². The number of hydrogen-bond donors (Lipinski definition) is 2. The lowest BCUT2D eigenvalue weighted by Gasteiger charge is -2.41. The van der Waals surface area contributed by atoms with Crippen molar-refractivity contribution in [3.8, 4) is 16.2 Å². The van der Waals surface area contributed by atoms with Gasteiger partial charge >= 0.3 is 0 Å². The summed E-state index contributed by atoms with van der Waals surface area (Å²) >= 11 is 1.36. The molecule has 0 radical (unpaired) electrons. The highest BCUT2D eigenvalue weighted by Crippen LogP contribution is 2.51. The Labute approximate surface area is 146 Å².